The number of hydrogen-bond acceptors (Lipinski definition) is 3. The molecular formula is C10H13NO3. The van der Waals surface area contributed by atoms with Crippen molar-refractivity contribution in [3.05, 3.63) is 29.8 Å². The van der Waals surface area contributed by atoms with Gasteiger partial charge in [0.2, 0.25) is 0 Å². The molecule has 0 spiro atoms. The highest BCUT2D eigenvalue weighted by Crippen LogP contribution is 2.12. The van der Waals surface area contributed by atoms with Crippen molar-refractivity contribution >= 4 is 5.97 Å². The zero-order valence-electron chi connectivity index (χ0n) is 7.77. The Labute approximate surface area is 82.3 Å². The van der Waals surface area contributed by atoms with Crippen molar-refractivity contribution in [1.82, 2.24) is 0 Å². The Hall–Kier alpha value is -1.55. The normalized spacial score (nSPS) is 9.79. The summed E-state index contributed by atoms with van der Waals surface area (Å²) in [5.74, 6) is -0.200. The molecule has 0 fully saturated rings. The minimum atomic E-state index is -0.861. The predicted octanol–water partition coefficient (Wildman–Crippen LogP) is 0.999. The van der Waals surface area contributed by atoms with E-state index in [0.29, 0.717) is 12.3 Å². The molecule has 0 aliphatic heterocycles. The van der Waals surface area contributed by atoms with Crippen LogP contribution in [-0.4, -0.2) is 17.7 Å². The number of nitrogens with two attached hydrogens (primary N) is 1. The van der Waals surface area contributed by atoms with E-state index in [9.17, 15) is 4.79 Å². The van der Waals surface area contributed by atoms with Crippen molar-refractivity contribution in [2.75, 3.05) is 6.61 Å². The Morgan fingerprint density at radius 1 is 1.50 bits per heavy atom. The average Bonchev–Trinajstić information content (AvgIpc) is 2.18. The quantitative estimate of drug-likeness (QED) is 0.735. The first-order valence-corrected chi connectivity index (χ1v) is 4.36. The average molecular weight is 195 g/mol. The number of rotatable bonds is 5. The highest BCUT2D eigenvalue weighted by atomic mass is 16.5. The Morgan fingerprint density at radius 3 is 2.93 bits per heavy atom. The third-order valence-electron chi connectivity index (χ3n) is 1.72. The Morgan fingerprint density at radius 2 is 2.29 bits per heavy atom. The minimum Gasteiger partial charge on any atom is -0.493 e. The van der Waals surface area contributed by atoms with E-state index in [0.717, 1.165) is 5.56 Å². The number of carbonyl (C=O) groups is 1. The predicted molar refractivity (Wildman–Crippen MR) is 52.1 cm³/mol. The number of benzene rings is 1. The maximum atomic E-state index is 10.2. The monoisotopic (exact) mass is 195 g/mol. The van der Waals surface area contributed by atoms with E-state index < -0.39 is 5.97 Å². The maximum Gasteiger partial charge on any atom is 0.306 e. The Balaban J connectivity index is 2.46. The van der Waals surface area contributed by atoms with Gasteiger partial charge in [-0.1, -0.05) is 12.1 Å². The van der Waals surface area contributed by atoms with Gasteiger partial charge >= 0.3 is 5.97 Å². The molecule has 4 nitrogen and oxygen atoms in total. The summed E-state index contributed by atoms with van der Waals surface area (Å²) in [6.45, 7) is 0.638. The van der Waals surface area contributed by atoms with E-state index in [1.54, 1.807) is 6.07 Å². The maximum absolute atomic E-state index is 10.2. The van der Waals surface area contributed by atoms with E-state index in [-0.39, 0.29) is 13.0 Å². The van der Waals surface area contributed by atoms with Gasteiger partial charge in [-0.05, 0) is 17.7 Å². The summed E-state index contributed by atoms with van der Waals surface area (Å²) in [5, 5.41) is 8.39. The molecule has 0 atom stereocenters. The van der Waals surface area contributed by atoms with E-state index in [2.05, 4.69) is 0 Å². The third kappa shape index (κ3) is 3.45. The molecule has 1 aromatic rings. The summed E-state index contributed by atoms with van der Waals surface area (Å²) in [6.07, 6.45) is 0.00680. The molecule has 0 aliphatic carbocycles. The fourth-order valence-corrected chi connectivity index (χ4v) is 1.02. The van der Waals surface area contributed by atoms with Crippen LogP contribution in [0.4, 0.5) is 0 Å². The van der Waals surface area contributed by atoms with Crippen LogP contribution >= 0.6 is 0 Å². The van der Waals surface area contributed by atoms with Crippen LogP contribution in [0.5, 0.6) is 5.75 Å². The van der Waals surface area contributed by atoms with Crippen molar-refractivity contribution < 1.29 is 14.6 Å². The smallest absolute Gasteiger partial charge is 0.306 e. The molecule has 4 heteroatoms. The number of carboxylic acid groups (broad SMARTS) is 1. The highest BCUT2D eigenvalue weighted by Gasteiger charge is 1.98. The highest BCUT2D eigenvalue weighted by molar-refractivity contribution is 5.66. The molecule has 0 amide bonds. The fraction of sp³-hybridized carbons (Fsp3) is 0.300. The molecule has 0 bridgehead atoms. The van der Waals surface area contributed by atoms with Crippen LogP contribution in [0.2, 0.25) is 0 Å². The molecule has 0 saturated heterocycles. The summed E-state index contributed by atoms with van der Waals surface area (Å²) >= 11 is 0. The summed E-state index contributed by atoms with van der Waals surface area (Å²) in [6, 6.07) is 7.31. The van der Waals surface area contributed by atoms with Crippen LogP contribution in [0.25, 0.3) is 0 Å². The zero-order valence-corrected chi connectivity index (χ0v) is 7.77. The topological polar surface area (TPSA) is 72.5 Å². The number of hydrogen-bond donors (Lipinski definition) is 2. The van der Waals surface area contributed by atoms with Crippen LogP contribution in [0, 0.1) is 0 Å². The summed E-state index contributed by atoms with van der Waals surface area (Å²) < 4.78 is 5.22. The van der Waals surface area contributed by atoms with Crippen molar-refractivity contribution in [1.29, 1.82) is 0 Å². The van der Waals surface area contributed by atoms with E-state index in [4.69, 9.17) is 15.6 Å². The molecule has 76 valence electrons. The molecule has 0 heterocycles. The van der Waals surface area contributed by atoms with Crippen LogP contribution in [0.3, 0.4) is 0 Å². The van der Waals surface area contributed by atoms with Crippen LogP contribution in [0.1, 0.15) is 12.0 Å². The first kappa shape index (κ1) is 10.5. The molecule has 14 heavy (non-hydrogen) atoms. The molecule has 0 saturated carbocycles. The van der Waals surface area contributed by atoms with Gasteiger partial charge in [0.25, 0.3) is 0 Å². The van der Waals surface area contributed by atoms with Gasteiger partial charge in [-0.15, -0.1) is 0 Å². The van der Waals surface area contributed by atoms with Crippen molar-refractivity contribution in [3.8, 4) is 5.75 Å². The van der Waals surface area contributed by atoms with Gasteiger partial charge in [-0.25, -0.2) is 0 Å². The van der Waals surface area contributed by atoms with E-state index >= 15 is 0 Å². The van der Waals surface area contributed by atoms with Gasteiger partial charge in [-0.3, -0.25) is 4.79 Å². The lowest BCUT2D eigenvalue weighted by atomic mass is 10.2. The Kier molecular flexibility index (Phi) is 3.94. The fourth-order valence-electron chi connectivity index (χ4n) is 1.02. The van der Waals surface area contributed by atoms with E-state index in [1.165, 1.54) is 0 Å². The van der Waals surface area contributed by atoms with Gasteiger partial charge in [0.15, 0.2) is 0 Å². The first-order valence-electron chi connectivity index (χ1n) is 4.36. The van der Waals surface area contributed by atoms with Crippen molar-refractivity contribution in [3.63, 3.8) is 0 Å². The first-order chi connectivity index (χ1) is 6.72. The molecule has 0 aromatic heterocycles. The number of carboxylic acids is 1. The second-order valence-electron chi connectivity index (χ2n) is 2.84. The van der Waals surface area contributed by atoms with Crippen LogP contribution < -0.4 is 10.5 Å². The molecule has 0 unspecified atom stereocenters. The molecular weight excluding hydrogens is 182 g/mol. The summed E-state index contributed by atoms with van der Waals surface area (Å²) in [7, 11) is 0. The number of ether oxygens (including phenoxy) is 1. The van der Waals surface area contributed by atoms with Gasteiger partial charge in [0.1, 0.15) is 5.75 Å². The Bertz CT molecular complexity index is 312. The number of aliphatic carboxylic acids is 1. The van der Waals surface area contributed by atoms with Crippen molar-refractivity contribution in [2.45, 2.75) is 13.0 Å². The van der Waals surface area contributed by atoms with Gasteiger partial charge in [-0.2, -0.15) is 0 Å². The molecule has 0 radical (unpaired) electrons. The second kappa shape index (κ2) is 5.24. The van der Waals surface area contributed by atoms with Crippen LogP contribution in [-0.2, 0) is 11.3 Å². The lowest BCUT2D eigenvalue weighted by molar-refractivity contribution is -0.137. The SMILES string of the molecule is NCc1cccc(OCCC(=O)O)c1. The summed E-state index contributed by atoms with van der Waals surface area (Å²) in [5.41, 5.74) is 6.42. The van der Waals surface area contributed by atoms with E-state index in [1.807, 2.05) is 18.2 Å². The second-order valence-corrected chi connectivity index (χ2v) is 2.84. The summed E-state index contributed by atoms with van der Waals surface area (Å²) in [4.78, 5) is 10.2. The molecule has 3 N–H and O–H groups in total. The third-order valence-corrected chi connectivity index (χ3v) is 1.72. The largest absolute Gasteiger partial charge is 0.493 e. The molecule has 1 rings (SSSR count). The standard InChI is InChI=1S/C10H13NO3/c11-7-8-2-1-3-9(6-8)14-5-4-10(12)13/h1-3,6H,4-5,7,11H2,(H,12,13). The zero-order chi connectivity index (χ0) is 10.4. The van der Waals surface area contributed by atoms with Gasteiger partial charge < -0.3 is 15.6 Å². The molecule has 1 aromatic carbocycles. The van der Waals surface area contributed by atoms with Gasteiger partial charge in [0, 0.05) is 6.54 Å². The lowest BCUT2D eigenvalue weighted by Gasteiger charge is -2.05. The molecule has 0 aliphatic rings. The van der Waals surface area contributed by atoms with Gasteiger partial charge in [0.05, 0.1) is 13.0 Å². The van der Waals surface area contributed by atoms with Crippen LogP contribution in [0.15, 0.2) is 24.3 Å². The van der Waals surface area contributed by atoms with Crippen molar-refractivity contribution in [2.24, 2.45) is 5.73 Å². The lowest BCUT2D eigenvalue weighted by Crippen LogP contribution is -2.05. The minimum absolute atomic E-state index is 0.00680.